The molecule has 1 heterocycles. The summed E-state index contributed by atoms with van der Waals surface area (Å²) in [6.07, 6.45) is -1.11. The Hall–Kier alpha value is -3.85. The average molecular weight is 481 g/mol. The van der Waals surface area contributed by atoms with E-state index in [1.165, 1.54) is 10.4 Å². The molecule has 0 spiro atoms. The van der Waals surface area contributed by atoms with Crippen LogP contribution in [0.4, 0.5) is 11.4 Å². The van der Waals surface area contributed by atoms with E-state index in [0.717, 1.165) is 5.56 Å². The van der Waals surface area contributed by atoms with E-state index in [0.29, 0.717) is 11.4 Å². The molecule has 1 aliphatic heterocycles. The van der Waals surface area contributed by atoms with Gasteiger partial charge in [-0.05, 0) is 56.3 Å². The number of rotatable bonds is 6. The Morgan fingerprint density at radius 3 is 2.53 bits per heavy atom. The molecule has 0 fully saturated rings. The smallest absolute Gasteiger partial charge is 0.338 e. The topological polar surface area (TPSA) is 102 Å². The number of para-hydroxylation sites is 2. The molecule has 0 bridgehead atoms. The number of nitrogens with one attached hydrogen (secondary N) is 1. The third kappa shape index (κ3) is 4.74. The van der Waals surface area contributed by atoms with Gasteiger partial charge in [0.1, 0.15) is 5.75 Å². The molecule has 176 valence electrons. The molecule has 8 nitrogen and oxygen atoms in total. The van der Waals surface area contributed by atoms with Gasteiger partial charge in [-0.2, -0.15) is 0 Å². The van der Waals surface area contributed by atoms with Crippen LogP contribution >= 0.6 is 0 Å². The monoisotopic (exact) mass is 480 g/mol. The van der Waals surface area contributed by atoms with Gasteiger partial charge >= 0.3 is 5.97 Å². The van der Waals surface area contributed by atoms with E-state index in [2.05, 4.69) is 5.32 Å². The zero-order valence-electron chi connectivity index (χ0n) is 18.7. The summed E-state index contributed by atoms with van der Waals surface area (Å²) in [6.45, 7) is 3.60. The number of anilines is 2. The van der Waals surface area contributed by atoms with Crippen LogP contribution in [0.3, 0.4) is 0 Å². The Labute approximate surface area is 198 Å². The summed E-state index contributed by atoms with van der Waals surface area (Å²) in [4.78, 5) is 25.2. The Balaban J connectivity index is 1.61. The van der Waals surface area contributed by atoms with Crippen LogP contribution in [0.1, 0.15) is 22.8 Å². The average Bonchev–Trinajstić information content (AvgIpc) is 2.84. The molecular formula is C25H24N2O6S. The molecule has 1 atom stereocenters. The standard InChI is InChI=1S/C25H24N2O6S/c1-3-32-25(29)18-7-6-8-19(15-18)26-24(28)23-16-27(21-9-4-5-10-22(21)33-23)34(30,31)20-13-11-17(2)12-14-20/h4-15,23H,3,16H2,1-2H3,(H,26,28)/t23-/m1/s1. The van der Waals surface area contributed by atoms with E-state index in [4.69, 9.17) is 9.47 Å². The molecule has 3 aromatic carbocycles. The molecule has 1 amide bonds. The van der Waals surface area contributed by atoms with Crippen LogP contribution in [0, 0.1) is 6.92 Å². The minimum Gasteiger partial charge on any atom is -0.476 e. The molecule has 4 rings (SSSR count). The number of amides is 1. The predicted octanol–water partition coefficient (Wildman–Crippen LogP) is 3.77. The normalized spacial score (nSPS) is 15.1. The highest BCUT2D eigenvalue weighted by atomic mass is 32.2. The van der Waals surface area contributed by atoms with Gasteiger partial charge in [0, 0.05) is 5.69 Å². The number of carbonyl (C=O) groups is 2. The first-order chi connectivity index (χ1) is 16.3. The molecule has 1 N–H and O–H groups in total. The molecule has 9 heteroatoms. The van der Waals surface area contributed by atoms with E-state index in [1.54, 1.807) is 73.7 Å². The van der Waals surface area contributed by atoms with Crippen LogP contribution in [0.15, 0.2) is 77.7 Å². The first-order valence-electron chi connectivity index (χ1n) is 10.7. The summed E-state index contributed by atoms with van der Waals surface area (Å²) in [7, 11) is -3.94. The maximum Gasteiger partial charge on any atom is 0.338 e. The number of ether oxygens (including phenoxy) is 2. The van der Waals surface area contributed by atoms with E-state index in [1.807, 2.05) is 6.92 Å². The van der Waals surface area contributed by atoms with E-state index in [-0.39, 0.29) is 29.4 Å². The summed E-state index contributed by atoms with van der Waals surface area (Å²) >= 11 is 0. The highest BCUT2D eigenvalue weighted by Gasteiger charge is 2.37. The van der Waals surface area contributed by atoms with Crippen molar-refractivity contribution >= 4 is 33.3 Å². The number of esters is 1. The second-order valence-corrected chi connectivity index (χ2v) is 9.58. The van der Waals surface area contributed by atoms with Crippen molar-refractivity contribution in [3.05, 3.63) is 83.9 Å². The van der Waals surface area contributed by atoms with Crippen LogP contribution in [0.5, 0.6) is 5.75 Å². The van der Waals surface area contributed by atoms with Crippen LogP contribution in [0.2, 0.25) is 0 Å². The Bertz CT molecular complexity index is 1320. The summed E-state index contributed by atoms with van der Waals surface area (Å²) in [5, 5.41) is 2.71. The lowest BCUT2D eigenvalue weighted by Gasteiger charge is -2.34. The van der Waals surface area contributed by atoms with Crippen molar-refractivity contribution in [2.24, 2.45) is 0 Å². The Kier molecular flexibility index (Phi) is 6.56. The third-order valence-electron chi connectivity index (χ3n) is 5.28. The molecule has 1 aliphatic rings. The number of fused-ring (bicyclic) bond motifs is 1. The Morgan fingerprint density at radius 1 is 1.06 bits per heavy atom. The maximum atomic E-state index is 13.5. The summed E-state index contributed by atoms with van der Waals surface area (Å²) in [6, 6.07) is 19.5. The van der Waals surface area contributed by atoms with Gasteiger partial charge < -0.3 is 14.8 Å². The molecular weight excluding hydrogens is 456 g/mol. The quantitative estimate of drug-likeness (QED) is 0.539. The first-order valence-corrected chi connectivity index (χ1v) is 12.2. The SMILES string of the molecule is CCOC(=O)c1cccc(NC(=O)[C@H]2CN(S(=O)(=O)c3ccc(C)cc3)c3ccccc3O2)c1. The van der Waals surface area contributed by atoms with Gasteiger partial charge in [0.2, 0.25) is 0 Å². The number of hydrogen-bond acceptors (Lipinski definition) is 6. The summed E-state index contributed by atoms with van der Waals surface area (Å²) in [5.74, 6) is -0.763. The zero-order valence-corrected chi connectivity index (χ0v) is 19.5. The third-order valence-corrected chi connectivity index (χ3v) is 7.07. The van der Waals surface area contributed by atoms with Gasteiger partial charge in [0.25, 0.3) is 15.9 Å². The minimum atomic E-state index is -3.94. The lowest BCUT2D eigenvalue weighted by atomic mass is 10.2. The van der Waals surface area contributed by atoms with Gasteiger partial charge in [-0.25, -0.2) is 13.2 Å². The molecule has 0 aliphatic carbocycles. The van der Waals surface area contributed by atoms with E-state index >= 15 is 0 Å². The zero-order chi connectivity index (χ0) is 24.3. The van der Waals surface area contributed by atoms with Crippen molar-refractivity contribution in [3.63, 3.8) is 0 Å². The molecule has 0 radical (unpaired) electrons. The fraction of sp³-hybridized carbons (Fsp3) is 0.200. The van der Waals surface area contributed by atoms with Crippen molar-refractivity contribution < 1.29 is 27.5 Å². The van der Waals surface area contributed by atoms with Gasteiger partial charge in [0.15, 0.2) is 6.10 Å². The van der Waals surface area contributed by atoms with Gasteiger partial charge in [-0.3, -0.25) is 9.10 Å². The molecule has 0 unspecified atom stereocenters. The van der Waals surface area contributed by atoms with E-state index < -0.39 is 28.0 Å². The largest absolute Gasteiger partial charge is 0.476 e. The molecule has 0 saturated carbocycles. The number of hydrogen-bond donors (Lipinski definition) is 1. The Morgan fingerprint density at radius 2 is 1.79 bits per heavy atom. The number of sulfonamides is 1. The molecule has 0 aromatic heterocycles. The minimum absolute atomic E-state index is 0.121. The van der Waals surface area contributed by atoms with Crippen molar-refractivity contribution in [1.29, 1.82) is 0 Å². The highest BCUT2D eigenvalue weighted by molar-refractivity contribution is 7.92. The van der Waals surface area contributed by atoms with Gasteiger partial charge in [0.05, 0.1) is 29.3 Å². The maximum absolute atomic E-state index is 13.5. The van der Waals surface area contributed by atoms with Crippen molar-refractivity contribution in [2.45, 2.75) is 24.8 Å². The van der Waals surface area contributed by atoms with Gasteiger partial charge in [-0.15, -0.1) is 0 Å². The van der Waals surface area contributed by atoms with Crippen molar-refractivity contribution in [3.8, 4) is 5.75 Å². The number of nitrogens with zero attached hydrogens (tertiary/aromatic N) is 1. The highest BCUT2D eigenvalue weighted by Crippen LogP contribution is 2.37. The second-order valence-electron chi connectivity index (χ2n) is 7.71. The first kappa shape index (κ1) is 23.3. The molecule has 34 heavy (non-hydrogen) atoms. The molecule has 0 saturated heterocycles. The predicted molar refractivity (Wildman–Crippen MR) is 128 cm³/mol. The lowest BCUT2D eigenvalue weighted by Crippen LogP contribution is -2.48. The van der Waals surface area contributed by atoms with Crippen LogP contribution in [0.25, 0.3) is 0 Å². The fourth-order valence-corrected chi connectivity index (χ4v) is 5.04. The van der Waals surface area contributed by atoms with Crippen LogP contribution in [-0.2, 0) is 19.6 Å². The summed E-state index contributed by atoms with van der Waals surface area (Å²) < 4.78 is 38.9. The van der Waals surface area contributed by atoms with Gasteiger partial charge in [-0.1, -0.05) is 35.9 Å². The molecule has 3 aromatic rings. The van der Waals surface area contributed by atoms with E-state index in [9.17, 15) is 18.0 Å². The fourth-order valence-electron chi connectivity index (χ4n) is 3.56. The number of benzene rings is 3. The second kappa shape index (κ2) is 9.56. The van der Waals surface area contributed by atoms with Crippen molar-refractivity contribution in [1.82, 2.24) is 0 Å². The lowest BCUT2D eigenvalue weighted by molar-refractivity contribution is -0.122. The van der Waals surface area contributed by atoms with Crippen LogP contribution < -0.4 is 14.4 Å². The number of aryl methyl sites for hydroxylation is 1. The summed E-state index contributed by atoms with van der Waals surface area (Å²) in [5.41, 5.74) is 1.95. The number of carbonyl (C=O) groups excluding carboxylic acids is 2. The van der Waals surface area contributed by atoms with Crippen molar-refractivity contribution in [2.75, 3.05) is 22.8 Å². The van der Waals surface area contributed by atoms with Crippen LogP contribution in [-0.4, -0.2) is 39.5 Å².